The van der Waals surface area contributed by atoms with Gasteiger partial charge in [-0.15, -0.1) is 0 Å². The third kappa shape index (κ3) is 2.29. The van der Waals surface area contributed by atoms with Gasteiger partial charge in [0, 0.05) is 13.0 Å². The maximum Gasteiger partial charge on any atom is 0.323 e. The second-order valence-electron chi connectivity index (χ2n) is 6.00. The predicted molar refractivity (Wildman–Crippen MR) is 75.9 cm³/mol. The molecule has 1 aromatic rings. The summed E-state index contributed by atoms with van der Waals surface area (Å²) in [6, 6.07) is 6.24. The van der Waals surface area contributed by atoms with Gasteiger partial charge in [0.2, 0.25) is 0 Å². The summed E-state index contributed by atoms with van der Waals surface area (Å²) in [5.41, 5.74) is 1.70. The van der Waals surface area contributed by atoms with Crippen molar-refractivity contribution in [3.8, 4) is 5.75 Å². The molecule has 0 bridgehead atoms. The molecule has 1 aromatic carbocycles. The van der Waals surface area contributed by atoms with Crippen LogP contribution in [0.25, 0.3) is 0 Å². The lowest BCUT2D eigenvalue weighted by atomic mass is 9.88. The molecule has 3 rings (SSSR count). The average Bonchev–Trinajstić information content (AvgIpc) is 2.89. The summed E-state index contributed by atoms with van der Waals surface area (Å²) < 4.78 is 5.51. The van der Waals surface area contributed by atoms with Crippen LogP contribution in [0, 0.1) is 0 Å². The molecule has 0 aliphatic carbocycles. The molecule has 0 amide bonds. The van der Waals surface area contributed by atoms with E-state index in [0.29, 0.717) is 6.54 Å². The van der Waals surface area contributed by atoms with Gasteiger partial charge in [0.1, 0.15) is 11.3 Å². The van der Waals surface area contributed by atoms with Gasteiger partial charge in [0.15, 0.2) is 0 Å². The zero-order valence-electron chi connectivity index (χ0n) is 11.9. The molecule has 2 heterocycles. The van der Waals surface area contributed by atoms with Crippen molar-refractivity contribution in [2.45, 2.75) is 44.7 Å². The minimum absolute atomic E-state index is 0.704. The van der Waals surface area contributed by atoms with Crippen LogP contribution in [-0.4, -0.2) is 34.7 Å². The maximum absolute atomic E-state index is 11.6. The number of hydrogen-bond donors (Lipinski definition) is 1. The number of carbonyl (C=O) groups is 1. The van der Waals surface area contributed by atoms with Gasteiger partial charge < -0.3 is 9.84 Å². The smallest absolute Gasteiger partial charge is 0.323 e. The predicted octanol–water partition coefficient (Wildman–Crippen LogP) is 2.45. The van der Waals surface area contributed by atoms with Crippen LogP contribution in [-0.2, 0) is 17.8 Å². The van der Waals surface area contributed by atoms with Gasteiger partial charge in [-0.2, -0.15) is 0 Å². The summed E-state index contributed by atoms with van der Waals surface area (Å²) in [4.78, 5) is 13.7. The molecule has 20 heavy (non-hydrogen) atoms. The van der Waals surface area contributed by atoms with Crippen LogP contribution in [0.2, 0.25) is 0 Å². The van der Waals surface area contributed by atoms with E-state index in [1.165, 1.54) is 11.1 Å². The fourth-order valence-electron chi connectivity index (χ4n) is 3.23. The molecule has 1 unspecified atom stereocenters. The molecule has 108 valence electrons. The van der Waals surface area contributed by atoms with E-state index < -0.39 is 11.5 Å². The molecule has 1 N–H and O–H groups in total. The molecule has 0 radical (unpaired) electrons. The molecule has 4 heteroatoms. The summed E-state index contributed by atoms with van der Waals surface area (Å²) >= 11 is 0. The fraction of sp³-hybridized carbons (Fsp3) is 0.562. The van der Waals surface area contributed by atoms with Gasteiger partial charge >= 0.3 is 5.97 Å². The van der Waals surface area contributed by atoms with Crippen LogP contribution in [0.3, 0.4) is 0 Å². The zero-order valence-corrected chi connectivity index (χ0v) is 11.9. The van der Waals surface area contributed by atoms with Crippen LogP contribution >= 0.6 is 0 Å². The summed E-state index contributed by atoms with van der Waals surface area (Å²) in [5.74, 6) is 0.273. The molecule has 2 aliphatic heterocycles. The third-order valence-corrected chi connectivity index (χ3v) is 4.63. The quantitative estimate of drug-likeness (QED) is 0.920. The van der Waals surface area contributed by atoms with E-state index in [2.05, 4.69) is 17.0 Å². The van der Waals surface area contributed by atoms with Gasteiger partial charge in [-0.25, -0.2) is 0 Å². The monoisotopic (exact) mass is 275 g/mol. The van der Waals surface area contributed by atoms with Crippen molar-refractivity contribution in [2.24, 2.45) is 0 Å². The Morgan fingerprint density at radius 2 is 2.30 bits per heavy atom. The molecule has 0 saturated carbocycles. The first-order valence-corrected chi connectivity index (χ1v) is 7.33. The number of carboxylic acids is 1. The van der Waals surface area contributed by atoms with Crippen molar-refractivity contribution in [2.75, 3.05) is 13.2 Å². The fourth-order valence-corrected chi connectivity index (χ4v) is 3.23. The van der Waals surface area contributed by atoms with Gasteiger partial charge in [-0.3, -0.25) is 9.69 Å². The van der Waals surface area contributed by atoms with E-state index in [4.69, 9.17) is 4.74 Å². The highest BCUT2D eigenvalue weighted by atomic mass is 16.5. The molecule has 1 saturated heterocycles. The Morgan fingerprint density at radius 3 is 3.10 bits per heavy atom. The lowest BCUT2D eigenvalue weighted by molar-refractivity contribution is -0.153. The van der Waals surface area contributed by atoms with E-state index in [1.807, 2.05) is 13.0 Å². The van der Waals surface area contributed by atoms with Crippen molar-refractivity contribution in [3.05, 3.63) is 29.3 Å². The summed E-state index contributed by atoms with van der Waals surface area (Å²) in [6.45, 7) is 4.17. The lowest BCUT2D eigenvalue weighted by Gasteiger charge is -2.41. The van der Waals surface area contributed by atoms with Gasteiger partial charge in [0.25, 0.3) is 0 Å². The topological polar surface area (TPSA) is 49.8 Å². The van der Waals surface area contributed by atoms with Gasteiger partial charge in [-0.05, 0) is 49.9 Å². The highest BCUT2D eigenvalue weighted by Gasteiger charge is 2.41. The van der Waals surface area contributed by atoms with Crippen molar-refractivity contribution in [1.82, 2.24) is 4.90 Å². The van der Waals surface area contributed by atoms with Crippen molar-refractivity contribution in [1.29, 1.82) is 0 Å². The number of carboxylic acid groups (broad SMARTS) is 1. The van der Waals surface area contributed by atoms with Gasteiger partial charge in [-0.1, -0.05) is 12.1 Å². The Labute approximate surface area is 119 Å². The molecule has 4 nitrogen and oxygen atoms in total. The SMILES string of the molecule is CC1(C(=O)O)CCCCN1Cc1ccc2c(c1)CCO2. The zero-order chi connectivity index (χ0) is 14.2. The Balaban J connectivity index is 1.80. The molecule has 1 atom stereocenters. The molecular formula is C16H21NO3. The Kier molecular flexibility index (Phi) is 3.42. The van der Waals surface area contributed by atoms with Crippen LogP contribution in [0.15, 0.2) is 18.2 Å². The Morgan fingerprint density at radius 1 is 1.45 bits per heavy atom. The number of ether oxygens (including phenoxy) is 1. The number of hydrogen-bond acceptors (Lipinski definition) is 3. The molecular weight excluding hydrogens is 254 g/mol. The number of piperidine rings is 1. The standard InChI is InChI=1S/C16H21NO3/c1-16(15(18)19)7-2-3-8-17(16)11-12-4-5-14-13(10-12)6-9-20-14/h4-5,10H,2-3,6-9,11H2,1H3,(H,18,19). The number of benzene rings is 1. The third-order valence-electron chi connectivity index (χ3n) is 4.63. The van der Waals surface area contributed by atoms with Crippen molar-refractivity contribution < 1.29 is 14.6 Å². The number of fused-ring (bicyclic) bond motifs is 1. The minimum atomic E-state index is -0.728. The second kappa shape index (κ2) is 5.09. The highest BCUT2D eigenvalue weighted by Crippen LogP contribution is 2.31. The molecule has 2 aliphatic rings. The van der Waals surface area contributed by atoms with Crippen molar-refractivity contribution >= 4 is 5.97 Å². The first-order chi connectivity index (χ1) is 9.59. The summed E-state index contributed by atoms with van der Waals surface area (Å²) in [5, 5.41) is 9.54. The molecule has 0 spiro atoms. The lowest BCUT2D eigenvalue weighted by Crippen LogP contribution is -2.54. The van der Waals surface area contributed by atoms with E-state index >= 15 is 0 Å². The second-order valence-corrected chi connectivity index (χ2v) is 6.00. The van der Waals surface area contributed by atoms with E-state index in [9.17, 15) is 9.90 Å². The Hall–Kier alpha value is -1.55. The van der Waals surface area contributed by atoms with Crippen LogP contribution in [0.5, 0.6) is 5.75 Å². The highest BCUT2D eigenvalue weighted by molar-refractivity contribution is 5.78. The van der Waals surface area contributed by atoms with Crippen molar-refractivity contribution in [3.63, 3.8) is 0 Å². The number of aliphatic carboxylic acids is 1. The Bertz CT molecular complexity index is 528. The van der Waals surface area contributed by atoms with E-state index in [0.717, 1.165) is 44.6 Å². The number of rotatable bonds is 3. The van der Waals surface area contributed by atoms with Gasteiger partial charge in [0.05, 0.1) is 6.61 Å². The van der Waals surface area contributed by atoms with Crippen LogP contribution in [0.4, 0.5) is 0 Å². The van der Waals surface area contributed by atoms with Crippen LogP contribution in [0.1, 0.15) is 37.3 Å². The number of nitrogens with zero attached hydrogens (tertiary/aromatic N) is 1. The van der Waals surface area contributed by atoms with E-state index in [1.54, 1.807) is 0 Å². The summed E-state index contributed by atoms with van der Waals surface area (Å²) in [6.07, 6.45) is 3.77. The number of likely N-dealkylation sites (tertiary alicyclic amines) is 1. The first-order valence-electron chi connectivity index (χ1n) is 7.33. The molecule has 1 fully saturated rings. The van der Waals surface area contributed by atoms with Crippen LogP contribution < -0.4 is 4.74 Å². The normalized spacial score (nSPS) is 26.1. The summed E-state index contributed by atoms with van der Waals surface area (Å²) in [7, 11) is 0. The minimum Gasteiger partial charge on any atom is -0.493 e. The largest absolute Gasteiger partial charge is 0.493 e. The average molecular weight is 275 g/mol. The maximum atomic E-state index is 11.6. The first kappa shape index (κ1) is 13.4. The molecule has 0 aromatic heterocycles. The van der Waals surface area contributed by atoms with E-state index in [-0.39, 0.29) is 0 Å².